The van der Waals surface area contributed by atoms with E-state index in [4.69, 9.17) is 4.74 Å². The van der Waals surface area contributed by atoms with Crippen LogP contribution in [0.15, 0.2) is 59.5 Å². The average molecular weight is 386 g/mol. The molecular weight excluding hydrogens is 358 g/mol. The molecule has 0 radical (unpaired) electrons. The van der Waals surface area contributed by atoms with E-state index in [9.17, 15) is 9.90 Å². The lowest BCUT2D eigenvalue weighted by Crippen LogP contribution is -2.46. The summed E-state index contributed by atoms with van der Waals surface area (Å²) in [6, 6.07) is 17.4. The Morgan fingerprint density at radius 3 is 2.52 bits per heavy atom. The van der Waals surface area contributed by atoms with Gasteiger partial charge in [-0.3, -0.25) is 4.79 Å². The topological polar surface area (TPSA) is 49.8 Å². The van der Waals surface area contributed by atoms with Crippen LogP contribution in [0.25, 0.3) is 0 Å². The summed E-state index contributed by atoms with van der Waals surface area (Å²) < 4.78 is 5.77. The van der Waals surface area contributed by atoms with E-state index in [0.717, 1.165) is 37.2 Å². The zero-order chi connectivity index (χ0) is 19.1. The summed E-state index contributed by atoms with van der Waals surface area (Å²) in [5.41, 5.74) is 0.626. The maximum Gasteiger partial charge on any atom is 0.253 e. The van der Waals surface area contributed by atoms with Crippen LogP contribution in [0.2, 0.25) is 0 Å². The molecule has 0 spiro atoms. The molecule has 5 heteroatoms. The lowest BCUT2D eigenvalue weighted by Gasteiger charge is -2.35. The van der Waals surface area contributed by atoms with E-state index in [0.29, 0.717) is 12.2 Å². The molecule has 0 aliphatic heterocycles. The Bertz CT molecular complexity index is 720. The van der Waals surface area contributed by atoms with E-state index < -0.39 is 6.10 Å². The Morgan fingerprint density at radius 2 is 1.81 bits per heavy atom. The number of hydrogen-bond donors (Lipinski definition) is 1. The van der Waals surface area contributed by atoms with E-state index >= 15 is 0 Å². The van der Waals surface area contributed by atoms with Crippen LogP contribution in [-0.4, -0.2) is 47.5 Å². The van der Waals surface area contributed by atoms with Gasteiger partial charge in [0.05, 0.1) is 18.8 Å². The van der Waals surface area contributed by atoms with E-state index in [2.05, 4.69) is 12.1 Å². The molecule has 1 amide bonds. The Kier molecular flexibility index (Phi) is 7.18. The first-order valence-electron chi connectivity index (χ1n) is 9.51. The van der Waals surface area contributed by atoms with Crippen LogP contribution < -0.4 is 4.74 Å². The van der Waals surface area contributed by atoms with Gasteiger partial charge in [-0.25, -0.2) is 0 Å². The minimum absolute atomic E-state index is 0.0490. The highest BCUT2D eigenvalue weighted by Gasteiger charge is 2.29. The molecule has 2 aromatic rings. The van der Waals surface area contributed by atoms with Gasteiger partial charge in [0.1, 0.15) is 5.75 Å². The second-order valence-electron chi connectivity index (χ2n) is 6.87. The summed E-state index contributed by atoms with van der Waals surface area (Å²) >= 11 is 1.76. The zero-order valence-corrected chi connectivity index (χ0v) is 16.5. The van der Waals surface area contributed by atoms with Crippen LogP contribution in [0.4, 0.5) is 0 Å². The van der Waals surface area contributed by atoms with E-state index in [-0.39, 0.29) is 11.9 Å². The lowest BCUT2D eigenvalue weighted by molar-refractivity contribution is 0.0268. The van der Waals surface area contributed by atoms with Crippen LogP contribution in [-0.2, 0) is 0 Å². The Labute approximate surface area is 165 Å². The summed E-state index contributed by atoms with van der Waals surface area (Å²) in [5, 5.41) is 10.2. The SMILES string of the molecule is CN(C(=O)c1ccc(OCCSc2ccccc2)cc1)C1CCCCC1O. The number of nitrogens with zero attached hydrogens (tertiary/aromatic N) is 1. The number of benzene rings is 2. The summed E-state index contributed by atoms with van der Waals surface area (Å²) in [5.74, 6) is 1.58. The van der Waals surface area contributed by atoms with Crippen LogP contribution >= 0.6 is 11.8 Å². The van der Waals surface area contributed by atoms with Crippen LogP contribution in [0.5, 0.6) is 5.75 Å². The Balaban J connectivity index is 1.48. The standard InChI is InChI=1S/C22H27NO3S/c1-23(20-9-5-6-10-21(20)24)22(25)17-11-13-18(14-12-17)26-15-16-27-19-7-3-2-4-8-19/h2-4,7-8,11-14,20-21,24H,5-6,9-10,15-16H2,1H3. The van der Waals surface area contributed by atoms with E-state index in [1.165, 1.54) is 4.90 Å². The van der Waals surface area contributed by atoms with Gasteiger partial charge in [-0.1, -0.05) is 31.0 Å². The molecule has 1 N–H and O–H groups in total. The number of carbonyl (C=O) groups excluding carboxylic acids is 1. The minimum atomic E-state index is -0.419. The summed E-state index contributed by atoms with van der Waals surface area (Å²) in [4.78, 5) is 15.6. The van der Waals surface area contributed by atoms with Crippen molar-refractivity contribution < 1.29 is 14.6 Å². The molecule has 3 rings (SSSR count). The largest absolute Gasteiger partial charge is 0.493 e. The molecular formula is C22H27NO3S. The van der Waals surface area contributed by atoms with Gasteiger partial charge in [-0.05, 0) is 49.2 Å². The fraction of sp³-hybridized carbons (Fsp3) is 0.409. The molecule has 0 aromatic heterocycles. The highest BCUT2D eigenvalue weighted by Crippen LogP contribution is 2.24. The van der Waals surface area contributed by atoms with Crippen LogP contribution in [0.3, 0.4) is 0 Å². The van der Waals surface area contributed by atoms with Gasteiger partial charge in [0.25, 0.3) is 5.91 Å². The number of carbonyl (C=O) groups is 1. The molecule has 2 atom stereocenters. The molecule has 1 aliphatic rings. The Morgan fingerprint density at radius 1 is 1.11 bits per heavy atom. The zero-order valence-electron chi connectivity index (χ0n) is 15.7. The van der Waals surface area contributed by atoms with Crippen LogP contribution in [0.1, 0.15) is 36.0 Å². The molecule has 1 saturated carbocycles. The van der Waals surface area contributed by atoms with Crippen molar-refractivity contribution in [2.24, 2.45) is 0 Å². The summed E-state index contributed by atoms with van der Waals surface area (Å²) in [6.07, 6.45) is 3.32. The number of aliphatic hydroxyl groups is 1. The number of rotatable bonds is 7. The number of ether oxygens (including phenoxy) is 1. The second kappa shape index (κ2) is 9.81. The molecule has 1 aliphatic carbocycles. The predicted octanol–water partition coefficient (Wildman–Crippen LogP) is 4.23. The van der Waals surface area contributed by atoms with Crippen molar-refractivity contribution in [3.05, 3.63) is 60.2 Å². The number of aliphatic hydroxyl groups excluding tert-OH is 1. The molecule has 144 valence electrons. The first kappa shape index (κ1) is 19.8. The third kappa shape index (κ3) is 5.50. The van der Waals surface area contributed by atoms with Gasteiger partial charge in [0.2, 0.25) is 0 Å². The number of likely N-dealkylation sites (N-methyl/N-ethyl adjacent to an activating group) is 1. The average Bonchev–Trinajstić information content (AvgIpc) is 2.72. The second-order valence-corrected chi connectivity index (χ2v) is 8.04. The molecule has 2 aromatic carbocycles. The van der Waals surface area contributed by atoms with E-state index in [1.807, 2.05) is 30.3 Å². The lowest BCUT2D eigenvalue weighted by atomic mass is 9.91. The van der Waals surface area contributed by atoms with Gasteiger partial charge >= 0.3 is 0 Å². The van der Waals surface area contributed by atoms with Gasteiger partial charge in [0.15, 0.2) is 0 Å². The molecule has 27 heavy (non-hydrogen) atoms. The quantitative estimate of drug-likeness (QED) is 0.572. The fourth-order valence-electron chi connectivity index (χ4n) is 3.43. The van der Waals surface area contributed by atoms with Gasteiger partial charge in [0, 0.05) is 23.3 Å². The molecule has 0 saturated heterocycles. The van der Waals surface area contributed by atoms with Crippen molar-refractivity contribution in [2.75, 3.05) is 19.4 Å². The van der Waals surface area contributed by atoms with Crippen molar-refractivity contribution in [2.45, 2.75) is 42.7 Å². The molecule has 0 bridgehead atoms. The van der Waals surface area contributed by atoms with Crippen molar-refractivity contribution in [1.29, 1.82) is 0 Å². The number of amides is 1. The molecule has 2 unspecified atom stereocenters. The molecule has 0 heterocycles. The smallest absolute Gasteiger partial charge is 0.253 e. The highest BCUT2D eigenvalue weighted by atomic mass is 32.2. The minimum Gasteiger partial charge on any atom is -0.493 e. The maximum atomic E-state index is 12.7. The monoisotopic (exact) mass is 385 g/mol. The molecule has 1 fully saturated rings. The third-order valence-corrected chi connectivity index (χ3v) is 5.95. The van der Waals surface area contributed by atoms with Gasteiger partial charge in [-0.2, -0.15) is 0 Å². The van der Waals surface area contributed by atoms with E-state index in [1.54, 1.807) is 35.8 Å². The van der Waals surface area contributed by atoms with Gasteiger partial charge in [-0.15, -0.1) is 11.8 Å². The fourth-order valence-corrected chi connectivity index (χ4v) is 4.18. The summed E-state index contributed by atoms with van der Waals surface area (Å²) in [7, 11) is 1.78. The summed E-state index contributed by atoms with van der Waals surface area (Å²) in [6.45, 7) is 0.612. The van der Waals surface area contributed by atoms with Gasteiger partial charge < -0.3 is 14.7 Å². The third-order valence-electron chi connectivity index (χ3n) is 4.98. The maximum absolute atomic E-state index is 12.7. The number of thioether (sulfide) groups is 1. The number of hydrogen-bond acceptors (Lipinski definition) is 4. The highest BCUT2D eigenvalue weighted by molar-refractivity contribution is 7.99. The normalized spacial score (nSPS) is 19.5. The molecule has 4 nitrogen and oxygen atoms in total. The van der Waals surface area contributed by atoms with Crippen LogP contribution in [0, 0.1) is 0 Å². The first-order valence-corrected chi connectivity index (χ1v) is 10.5. The first-order chi connectivity index (χ1) is 13.1. The Hall–Kier alpha value is -1.98. The van der Waals surface area contributed by atoms with Crippen molar-refractivity contribution in [3.8, 4) is 5.75 Å². The van der Waals surface area contributed by atoms with Crippen molar-refractivity contribution in [1.82, 2.24) is 4.90 Å². The van der Waals surface area contributed by atoms with Crippen molar-refractivity contribution >= 4 is 17.7 Å². The van der Waals surface area contributed by atoms with Crippen molar-refractivity contribution in [3.63, 3.8) is 0 Å². The predicted molar refractivity (Wildman–Crippen MR) is 109 cm³/mol.